The minimum Gasteiger partial charge on any atom is -0.479 e. The molecule has 1 saturated heterocycles. The number of nitrogens with one attached hydrogen (secondary N) is 2. The highest BCUT2D eigenvalue weighted by molar-refractivity contribution is 6.03. The number of aryl methyl sites for hydroxylation is 1. The van der Waals surface area contributed by atoms with Crippen LogP contribution in [-0.2, 0) is 17.6 Å². The first-order valence-corrected chi connectivity index (χ1v) is 13.0. The number of rotatable bonds is 3. The maximum Gasteiger partial charge on any atom is 0.265 e. The fourth-order valence-corrected chi connectivity index (χ4v) is 5.85. The maximum atomic E-state index is 13.3. The van der Waals surface area contributed by atoms with Crippen LogP contribution in [0.5, 0.6) is 5.75 Å². The maximum absolute atomic E-state index is 13.3. The van der Waals surface area contributed by atoms with Gasteiger partial charge in [-0.2, -0.15) is 0 Å². The molecule has 0 radical (unpaired) electrons. The van der Waals surface area contributed by atoms with E-state index < -0.39 is 6.10 Å². The molecule has 2 aromatic carbocycles. The lowest BCUT2D eigenvalue weighted by Crippen LogP contribution is -2.40. The molecule has 7 heteroatoms. The van der Waals surface area contributed by atoms with Crippen molar-refractivity contribution in [3.63, 3.8) is 0 Å². The largest absolute Gasteiger partial charge is 0.479 e. The van der Waals surface area contributed by atoms with Crippen LogP contribution in [0.4, 0.5) is 5.69 Å². The molecule has 3 aromatic rings. The van der Waals surface area contributed by atoms with E-state index in [0.29, 0.717) is 54.4 Å². The van der Waals surface area contributed by atoms with Crippen molar-refractivity contribution in [2.75, 3.05) is 18.4 Å². The number of ketones is 1. The molecule has 1 aromatic heterocycles. The first kappa shape index (κ1) is 22.8. The molecule has 186 valence electrons. The molecular weight excluding hydrogens is 454 g/mol. The van der Waals surface area contributed by atoms with Gasteiger partial charge in [-0.05, 0) is 86.9 Å². The number of anilines is 1. The van der Waals surface area contributed by atoms with E-state index >= 15 is 0 Å². The van der Waals surface area contributed by atoms with E-state index in [0.717, 1.165) is 18.4 Å². The molecule has 2 unspecified atom stereocenters. The average molecular weight is 486 g/mol. The number of H-pyrrole nitrogens is 1. The molecule has 2 amide bonds. The summed E-state index contributed by atoms with van der Waals surface area (Å²) < 4.78 is 5.59. The quantitative estimate of drug-likeness (QED) is 0.524. The van der Waals surface area contributed by atoms with E-state index in [2.05, 4.69) is 17.2 Å². The third kappa shape index (κ3) is 3.96. The zero-order chi connectivity index (χ0) is 25.0. The van der Waals surface area contributed by atoms with E-state index in [4.69, 9.17) is 4.74 Å². The number of aromatic nitrogens is 1. The molecule has 0 spiro atoms. The summed E-state index contributed by atoms with van der Waals surface area (Å²) in [4.78, 5) is 43.9. The summed E-state index contributed by atoms with van der Waals surface area (Å²) in [6.45, 7) is 5.09. The molecule has 7 nitrogen and oxygen atoms in total. The Kier molecular flexibility index (Phi) is 5.58. The second kappa shape index (κ2) is 8.80. The van der Waals surface area contributed by atoms with Gasteiger partial charge >= 0.3 is 0 Å². The fraction of sp³-hybridized carbons (Fsp3) is 0.414. The van der Waals surface area contributed by atoms with Gasteiger partial charge in [0, 0.05) is 46.7 Å². The van der Waals surface area contributed by atoms with Crippen molar-refractivity contribution in [3.05, 3.63) is 58.8 Å². The highest BCUT2D eigenvalue weighted by Gasteiger charge is 2.30. The predicted octanol–water partition coefficient (Wildman–Crippen LogP) is 4.75. The van der Waals surface area contributed by atoms with E-state index in [1.165, 1.54) is 23.1 Å². The van der Waals surface area contributed by atoms with Crippen molar-refractivity contribution >= 4 is 34.2 Å². The topological polar surface area (TPSA) is 91.5 Å². The molecule has 0 bridgehead atoms. The molecule has 6 rings (SSSR count). The van der Waals surface area contributed by atoms with E-state index in [1.54, 1.807) is 25.1 Å². The van der Waals surface area contributed by atoms with Crippen molar-refractivity contribution < 1.29 is 19.1 Å². The molecule has 2 aliphatic heterocycles. The number of carbonyl (C=O) groups excluding carboxylic acids is 3. The van der Waals surface area contributed by atoms with Crippen molar-refractivity contribution in [3.8, 4) is 5.75 Å². The third-order valence-corrected chi connectivity index (χ3v) is 8.03. The third-order valence-electron chi connectivity index (χ3n) is 8.03. The first-order valence-electron chi connectivity index (χ1n) is 13.0. The Morgan fingerprint density at radius 1 is 1.00 bits per heavy atom. The van der Waals surface area contributed by atoms with Crippen LogP contribution in [0.1, 0.15) is 65.1 Å². The second-order valence-corrected chi connectivity index (χ2v) is 10.6. The Bertz CT molecular complexity index is 1380. The standard InChI is InChI=1S/C29H31N3O4/c1-16-3-6-23-21(13-16)22-14-20(4-7-24(22)30-23)29(35)32-11-9-18(10-12-32)27(33)19-5-8-26-25(15-19)31-28(34)17(2)36-26/h4-5,7-8,14-18,30H,3,6,9-13H2,1-2H3,(H,31,34). The number of hydrogen-bond donors (Lipinski definition) is 2. The molecule has 0 saturated carbocycles. The number of likely N-dealkylation sites (tertiary alicyclic amines) is 1. The van der Waals surface area contributed by atoms with Crippen molar-refractivity contribution in [1.29, 1.82) is 0 Å². The monoisotopic (exact) mass is 485 g/mol. The Balaban J connectivity index is 1.13. The smallest absolute Gasteiger partial charge is 0.265 e. The molecule has 1 fully saturated rings. The number of ether oxygens (including phenoxy) is 1. The van der Waals surface area contributed by atoms with Crippen LogP contribution < -0.4 is 10.1 Å². The molecule has 2 N–H and O–H groups in total. The lowest BCUT2D eigenvalue weighted by molar-refractivity contribution is -0.122. The zero-order valence-electron chi connectivity index (χ0n) is 20.7. The Labute approximate surface area is 210 Å². The number of benzene rings is 2. The lowest BCUT2D eigenvalue weighted by Gasteiger charge is -2.31. The summed E-state index contributed by atoms with van der Waals surface area (Å²) in [5.41, 5.74) is 5.60. The summed E-state index contributed by atoms with van der Waals surface area (Å²) in [7, 11) is 0. The van der Waals surface area contributed by atoms with E-state index in [9.17, 15) is 14.4 Å². The van der Waals surface area contributed by atoms with Crippen molar-refractivity contribution in [2.24, 2.45) is 11.8 Å². The van der Waals surface area contributed by atoms with Crippen LogP contribution >= 0.6 is 0 Å². The van der Waals surface area contributed by atoms with Gasteiger partial charge in [0.1, 0.15) is 5.75 Å². The Morgan fingerprint density at radius 3 is 2.58 bits per heavy atom. The number of amides is 2. The van der Waals surface area contributed by atoms with Gasteiger partial charge in [0.05, 0.1) is 5.69 Å². The van der Waals surface area contributed by atoms with Gasteiger partial charge in [0.15, 0.2) is 11.9 Å². The minimum absolute atomic E-state index is 0.0318. The summed E-state index contributed by atoms with van der Waals surface area (Å²) in [6, 6.07) is 11.2. The fourth-order valence-electron chi connectivity index (χ4n) is 5.85. The van der Waals surface area contributed by atoms with Crippen LogP contribution in [0.3, 0.4) is 0 Å². The van der Waals surface area contributed by atoms with Gasteiger partial charge in [0.2, 0.25) is 0 Å². The molecular formula is C29H31N3O4. The normalized spacial score (nSPS) is 21.9. The molecule has 1 aliphatic carbocycles. The van der Waals surface area contributed by atoms with Crippen LogP contribution in [0.2, 0.25) is 0 Å². The summed E-state index contributed by atoms with van der Waals surface area (Å²) >= 11 is 0. The molecule has 36 heavy (non-hydrogen) atoms. The number of hydrogen-bond acceptors (Lipinski definition) is 4. The SMILES string of the molecule is CC1CCc2[nH]c3ccc(C(=O)N4CCC(C(=O)c5ccc6c(c5)NC(=O)C(C)O6)CC4)cc3c2C1. The number of piperidine rings is 1. The molecule has 3 aliphatic rings. The summed E-state index contributed by atoms with van der Waals surface area (Å²) in [5.74, 6) is 0.958. The average Bonchev–Trinajstić information content (AvgIpc) is 3.25. The molecule has 2 atom stereocenters. The van der Waals surface area contributed by atoms with Gasteiger partial charge in [-0.25, -0.2) is 0 Å². The predicted molar refractivity (Wildman–Crippen MR) is 138 cm³/mol. The van der Waals surface area contributed by atoms with Crippen LogP contribution in [0, 0.1) is 11.8 Å². The number of aromatic amines is 1. The minimum atomic E-state index is -0.548. The van der Waals surface area contributed by atoms with Crippen LogP contribution in [0.15, 0.2) is 36.4 Å². The number of carbonyl (C=O) groups is 3. The van der Waals surface area contributed by atoms with Crippen LogP contribution in [-0.4, -0.2) is 46.7 Å². The highest BCUT2D eigenvalue weighted by Crippen LogP contribution is 2.34. The van der Waals surface area contributed by atoms with E-state index in [1.807, 2.05) is 23.1 Å². The second-order valence-electron chi connectivity index (χ2n) is 10.6. The molecule has 3 heterocycles. The number of nitrogens with zero attached hydrogens (tertiary/aromatic N) is 1. The zero-order valence-corrected chi connectivity index (χ0v) is 20.7. The van der Waals surface area contributed by atoms with Gasteiger partial charge in [-0.1, -0.05) is 6.92 Å². The lowest BCUT2D eigenvalue weighted by atomic mass is 9.87. The van der Waals surface area contributed by atoms with Crippen LogP contribution in [0.25, 0.3) is 10.9 Å². The highest BCUT2D eigenvalue weighted by atomic mass is 16.5. The first-order chi connectivity index (χ1) is 17.4. The summed E-state index contributed by atoms with van der Waals surface area (Å²) in [5, 5.41) is 3.98. The number of fused-ring (bicyclic) bond motifs is 4. The Morgan fingerprint density at radius 2 is 1.78 bits per heavy atom. The van der Waals surface area contributed by atoms with Crippen molar-refractivity contribution in [1.82, 2.24) is 9.88 Å². The summed E-state index contributed by atoms with van der Waals surface area (Å²) in [6.07, 6.45) is 4.03. The van der Waals surface area contributed by atoms with Gasteiger partial charge < -0.3 is 19.9 Å². The van der Waals surface area contributed by atoms with Gasteiger partial charge in [-0.15, -0.1) is 0 Å². The van der Waals surface area contributed by atoms with Crippen molar-refractivity contribution in [2.45, 2.75) is 52.1 Å². The Hall–Kier alpha value is -3.61. The van der Waals surface area contributed by atoms with Gasteiger partial charge in [-0.3, -0.25) is 14.4 Å². The van der Waals surface area contributed by atoms with Gasteiger partial charge in [0.25, 0.3) is 11.8 Å². The number of Topliss-reactive ketones (excluding diaryl/α,β-unsaturated/α-hetero) is 1. The van der Waals surface area contributed by atoms with E-state index in [-0.39, 0.29) is 23.5 Å².